The van der Waals surface area contributed by atoms with E-state index in [0.717, 1.165) is 41.9 Å². The summed E-state index contributed by atoms with van der Waals surface area (Å²) in [5, 5.41) is 3.37. The molecule has 1 aromatic carbocycles. The fourth-order valence-corrected chi connectivity index (χ4v) is 3.28. The lowest BCUT2D eigenvalue weighted by molar-refractivity contribution is 0.415. The summed E-state index contributed by atoms with van der Waals surface area (Å²) in [5.41, 5.74) is 1.94. The second kappa shape index (κ2) is 7.51. The molecule has 0 bridgehead atoms. The second-order valence-corrected chi connectivity index (χ2v) is 6.30. The van der Waals surface area contributed by atoms with Crippen LogP contribution in [0.1, 0.15) is 38.3 Å². The van der Waals surface area contributed by atoms with Gasteiger partial charge in [0.1, 0.15) is 11.6 Å². The van der Waals surface area contributed by atoms with E-state index in [-0.39, 0.29) is 0 Å². The van der Waals surface area contributed by atoms with Crippen molar-refractivity contribution in [3.05, 3.63) is 36.0 Å². The first-order chi connectivity index (χ1) is 11.7. The number of hydrogen-bond donors (Lipinski definition) is 1. The van der Waals surface area contributed by atoms with Crippen LogP contribution in [0.5, 0.6) is 5.75 Å². The van der Waals surface area contributed by atoms with Gasteiger partial charge < -0.3 is 15.0 Å². The maximum Gasteiger partial charge on any atom is 0.227 e. The number of methoxy groups -OCH3 is 1. The minimum absolute atomic E-state index is 0.546. The van der Waals surface area contributed by atoms with E-state index in [1.807, 2.05) is 37.3 Å². The van der Waals surface area contributed by atoms with Gasteiger partial charge in [-0.25, -0.2) is 4.98 Å². The molecule has 1 atom stereocenters. The Morgan fingerprint density at radius 2 is 2.12 bits per heavy atom. The monoisotopic (exact) mass is 326 g/mol. The fourth-order valence-electron chi connectivity index (χ4n) is 3.28. The molecule has 0 spiro atoms. The molecule has 0 amide bonds. The van der Waals surface area contributed by atoms with Crippen LogP contribution in [0.2, 0.25) is 0 Å². The summed E-state index contributed by atoms with van der Waals surface area (Å²) in [6, 6.07) is 10.4. The summed E-state index contributed by atoms with van der Waals surface area (Å²) >= 11 is 0. The minimum atomic E-state index is 0.546. The number of ether oxygens (including phenoxy) is 1. The van der Waals surface area contributed by atoms with Crippen LogP contribution in [0.3, 0.4) is 0 Å². The molecule has 5 nitrogen and oxygen atoms in total. The van der Waals surface area contributed by atoms with Gasteiger partial charge in [-0.3, -0.25) is 0 Å². The molecule has 128 valence electrons. The molecule has 24 heavy (non-hydrogen) atoms. The normalized spacial score (nSPS) is 17.6. The highest BCUT2D eigenvalue weighted by Crippen LogP contribution is 2.26. The largest absolute Gasteiger partial charge is 0.497 e. The van der Waals surface area contributed by atoms with Crippen LogP contribution in [0.25, 0.3) is 0 Å². The van der Waals surface area contributed by atoms with E-state index in [2.05, 4.69) is 22.1 Å². The number of piperidine rings is 1. The minimum Gasteiger partial charge on any atom is -0.497 e. The Hall–Kier alpha value is -2.30. The lowest BCUT2D eigenvalue weighted by Gasteiger charge is -2.35. The van der Waals surface area contributed by atoms with Crippen LogP contribution in [0, 0.1) is 6.92 Å². The van der Waals surface area contributed by atoms with Crippen LogP contribution in [-0.4, -0.2) is 29.7 Å². The molecule has 1 aliphatic heterocycles. The average Bonchev–Trinajstić information content (AvgIpc) is 2.61. The van der Waals surface area contributed by atoms with Gasteiger partial charge in [-0.05, 0) is 44.7 Å². The molecule has 2 heterocycles. The molecule has 5 heteroatoms. The second-order valence-electron chi connectivity index (χ2n) is 6.30. The van der Waals surface area contributed by atoms with E-state index >= 15 is 0 Å². The van der Waals surface area contributed by atoms with Gasteiger partial charge in [0.05, 0.1) is 7.11 Å². The molecule has 0 aliphatic carbocycles. The zero-order valence-electron chi connectivity index (χ0n) is 14.7. The maximum atomic E-state index is 5.28. The SMILES string of the molecule is CCC1CCCCN1c1nc(C)cc(Nc2cccc(OC)c2)n1. The predicted octanol–water partition coefficient (Wildman–Crippen LogP) is 4.31. The Bertz CT molecular complexity index is 689. The summed E-state index contributed by atoms with van der Waals surface area (Å²) in [5.74, 6) is 2.49. The van der Waals surface area contributed by atoms with Gasteiger partial charge in [-0.2, -0.15) is 4.98 Å². The average molecular weight is 326 g/mol. The first kappa shape index (κ1) is 16.6. The van der Waals surface area contributed by atoms with E-state index < -0.39 is 0 Å². The van der Waals surface area contributed by atoms with Crippen molar-refractivity contribution < 1.29 is 4.74 Å². The number of nitrogens with one attached hydrogen (secondary N) is 1. The van der Waals surface area contributed by atoms with Crippen LogP contribution >= 0.6 is 0 Å². The van der Waals surface area contributed by atoms with E-state index in [0.29, 0.717) is 6.04 Å². The van der Waals surface area contributed by atoms with Crippen molar-refractivity contribution in [3.63, 3.8) is 0 Å². The predicted molar refractivity (Wildman–Crippen MR) is 98.3 cm³/mol. The third-order valence-electron chi connectivity index (χ3n) is 4.54. The number of aryl methyl sites for hydroxylation is 1. The van der Waals surface area contributed by atoms with Gasteiger partial charge in [0, 0.05) is 36.1 Å². The maximum absolute atomic E-state index is 5.28. The quantitative estimate of drug-likeness (QED) is 0.887. The summed E-state index contributed by atoms with van der Waals surface area (Å²) in [6.07, 6.45) is 4.88. The van der Waals surface area contributed by atoms with Crippen molar-refractivity contribution in [3.8, 4) is 5.75 Å². The fraction of sp³-hybridized carbons (Fsp3) is 0.474. The first-order valence-corrected chi connectivity index (χ1v) is 8.73. The highest BCUT2D eigenvalue weighted by molar-refractivity contribution is 5.59. The zero-order chi connectivity index (χ0) is 16.9. The van der Waals surface area contributed by atoms with Gasteiger partial charge in [0.15, 0.2) is 0 Å². The molecule has 1 fully saturated rings. The van der Waals surface area contributed by atoms with Crippen LogP contribution in [-0.2, 0) is 0 Å². The number of nitrogens with zero attached hydrogens (tertiary/aromatic N) is 3. The third-order valence-corrected chi connectivity index (χ3v) is 4.54. The Morgan fingerprint density at radius 1 is 1.25 bits per heavy atom. The van der Waals surface area contributed by atoms with Gasteiger partial charge in [-0.1, -0.05) is 13.0 Å². The van der Waals surface area contributed by atoms with Crippen LogP contribution < -0.4 is 15.0 Å². The van der Waals surface area contributed by atoms with Gasteiger partial charge in [-0.15, -0.1) is 0 Å². The van der Waals surface area contributed by atoms with Crippen LogP contribution in [0.15, 0.2) is 30.3 Å². The van der Waals surface area contributed by atoms with Gasteiger partial charge >= 0.3 is 0 Å². The highest BCUT2D eigenvalue weighted by Gasteiger charge is 2.23. The van der Waals surface area contributed by atoms with Crippen molar-refractivity contribution in [2.45, 2.75) is 45.6 Å². The Balaban J connectivity index is 1.85. The van der Waals surface area contributed by atoms with Crippen molar-refractivity contribution >= 4 is 17.5 Å². The van der Waals surface area contributed by atoms with Crippen molar-refractivity contribution in [2.75, 3.05) is 23.9 Å². The summed E-state index contributed by atoms with van der Waals surface area (Å²) in [4.78, 5) is 11.8. The number of rotatable bonds is 5. The summed E-state index contributed by atoms with van der Waals surface area (Å²) in [7, 11) is 1.67. The van der Waals surface area contributed by atoms with E-state index in [1.165, 1.54) is 19.3 Å². The van der Waals surface area contributed by atoms with Crippen LogP contribution in [0.4, 0.5) is 17.5 Å². The molecule has 1 saturated heterocycles. The number of anilines is 3. The lowest BCUT2D eigenvalue weighted by Crippen LogP contribution is -2.40. The molecular formula is C19H26N4O. The Labute approximate surface area is 144 Å². The number of hydrogen-bond acceptors (Lipinski definition) is 5. The van der Waals surface area contributed by atoms with Crippen molar-refractivity contribution in [1.82, 2.24) is 9.97 Å². The lowest BCUT2D eigenvalue weighted by atomic mass is 10.0. The molecule has 1 aromatic heterocycles. The van der Waals surface area contributed by atoms with E-state index in [4.69, 9.17) is 9.72 Å². The molecule has 2 aromatic rings. The number of benzene rings is 1. The molecule has 0 radical (unpaired) electrons. The molecular weight excluding hydrogens is 300 g/mol. The topological polar surface area (TPSA) is 50.3 Å². The Kier molecular flexibility index (Phi) is 5.18. The van der Waals surface area contributed by atoms with Crippen molar-refractivity contribution in [1.29, 1.82) is 0 Å². The summed E-state index contributed by atoms with van der Waals surface area (Å²) < 4.78 is 5.28. The number of aromatic nitrogens is 2. The van der Waals surface area contributed by atoms with E-state index in [1.54, 1.807) is 7.11 Å². The zero-order valence-corrected chi connectivity index (χ0v) is 14.7. The smallest absolute Gasteiger partial charge is 0.227 e. The molecule has 0 saturated carbocycles. The third kappa shape index (κ3) is 3.78. The van der Waals surface area contributed by atoms with E-state index in [9.17, 15) is 0 Å². The van der Waals surface area contributed by atoms with Gasteiger partial charge in [0.25, 0.3) is 0 Å². The van der Waals surface area contributed by atoms with Crippen molar-refractivity contribution in [2.24, 2.45) is 0 Å². The summed E-state index contributed by atoms with van der Waals surface area (Å²) in [6.45, 7) is 5.31. The van der Waals surface area contributed by atoms with Gasteiger partial charge in [0.2, 0.25) is 5.95 Å². The Morgan fingerprint density at radius 3 is 2.92 bits per heavy atom. The highest BCUT2D eigenvalue weighted by atomic mass is 16.5. The molecule has 1 N–H and O–H groups in total. The molecule has 1 unspecified atom stereocenters. The first-order valence-electron chi connectivity index (χ1n) is 8.73. The molecule has 3 rings (SSSR count). The molecule has 1 aliphatic rings. The standard InChI is InChI=1S/C19H26N4O/c1-4-16-9-5-6-11-23(16)19-20-14(2)12-18(22-19)21-15-8-7-10-17(13-15)24-3/h7-8,10,12-13,16H,4-6,9,11H2,1-3H3,(H,20,21,22).